The Hall–Kier alpha value is -3.09. The number of para-hydroxylation sites is 1. The summed E-state index contributed by atoms with van der Waals surface area (Å²) in [5, 5.41) is 1.04. The van der Waals surface area contributed by atoms with Crippen LogP contribution in [0.5, 0.6) is 0 Å². The Morgan fingerprint density at radius 2 is 1.68 bits per heavy atom. The lowest BCUT2D eigenvalue weighted by molar-refractivity contribution is 0.683. The molecule has 2 N–H and O–H groups in total. The molecule has 2 aromatic carbocycles. The Morgan fingerprint density at radius 3 is 2.39 bits per heavy atom. The van der Waals surface area contributed by atoms with Gasteiger partial charge in [-0.05, 0) is 42.0 Å². The lowest BCUT2D eigenvalue weighted by Gasteiger charge is -2.14. The molecule has 4 aromatic rings. The number of fused-ring (bicyclic) bond motifs is 1. The van der Waals surface area contributed by atoms with Crippen molar-refractivity contribution in [2.45, 2.75) is 6.54 Å². The summed E-state index contributed by atoms with van der Waals surface area (Å²) in [7, 11) is 0. The van der Waals surface area contributed by atoms with Crippen molar-refractivity contribution in [2.75, 3.05) is 5.73 Å². The summed E-state index contributed by atoms with van der Waals surface area (Å²) in [5.41, 5.74) is 6.30. The number of hydrogen-bond donors (Lipinski definition) is 1. The molecule has 0 saturated heterocycles. The molecule has 0 unspecified atom stereocenters. The summed E-state index contributed by atoms with van der Waals surface area (Å²) in [6.45, 7) is 0.0434. The van der Waals surface area contributed by atoms with E-state index in [1.54, 1.807) is 48.5 Å². The van der Waals surface area contributed by atoms with Crippen LogP contribution in [0.4, 0.5) is 5.82 Å². The van der Waals surface area contributed by atoms with Crippen molar-refractivity contribution in [3.05, 3.63) is 97.1 Å². The number of aromatic nitrogens is 3. The van der Waals surface area contributed by atoms with Crippen molar-refractivity contribution in [3.63, 3.8) is 0 Å². The molecule has 2 aromatic heterocycles. The molecule has 0 fully saturated rings. The molecule has 8 heteroatoms. The minimum atomic E-state index is -0.520. The van der Waals surface area contributed by atoms with E-state index < -0.39 is 11.2 Å². The highest BCUT2D eigenvalue weighted by Crippen LogP contribution is 2.23. The standard InChI is InChI=1S/C20H14Cl2N4O2/c21-15-8-6-12(10-16(15)22)11-25-19(27)14-7-9-17(23)24-18(14)26(20(25)28)13-4-2-1-3-5-13/h1-10H,11H2,(H2,23,24). The number of hydrogen-bond acceptors (Lipinski definition) is 4. The van der Waals surface area contributed by atoms with Gasteiger partial charge < -0.3 is 5.73 Å². The number of nitrogen functional groups attached to an aromatic ring is 1. The third-order valence-electron chi connectivity index (χ3n) is 4.35. The number of halogens is 2. The molecule has 140 valence electrons. The normalized spacial score (nSPS) is 11.1. The Morgan fingerprint density at radius 1 is 0.929 bits per heavy atom. The zero-order valence-corrected chi connectivity index (χ0v) is 16.0. The van der Waals surface area contributed by atoms with E-state index in [1.165, 1.54) is 10.6 Å². The van der Waals surface area contributed by atoms with Crippen LogP contribution in [-0.4, -0.2) is 14.1 Å². The SMILES string of the molecule is Nc1ccc2c(=O)n(Cc3ccc(Cl)c(Cl)c3)c(=O)n(-c3ccccc3)c2n1. The average Bonchev–Trinajstić information content (AvgIpc) is 2.68. The predicted molar refractivity (Wildman–Crippen MR) is 112 cm³/mol. The summed E-state index contributed by atoms with van der Waals surface area (Å²) in [6.07, 6.45) is 0. The Kier molecular flexibility index (Phi) is 4.66. The minimum Gasteiger partial charge on any atom is -0.384 e. The van der Waals surface area contributed by atoms with E-state index in [9.17, 15) is 9.59 Å². The fourth-order valence-electron chi connectivity index (χ4n) is 3.01. The van der Waals surface area contributed by atoms with Gasteiger partial charge in [0.05, 0.1) is 27.7 Å². The second-order valence-electron chi connectivity index (χ2n) is 6.20. The highest BCUT2D eigenvalue weighted by molar-refractivity contribution is 6.42. The van der Waals surface area contributed by atoms with Crippen LogP contribution in [0.15, 0.2) is 70.3 Å². The molecule has 0 aliphatic carbocycles. The molecule has 0 aliphatic rings. The first-order valence-corrected chi connectivity index (χ1v) is 9.13. The Balaban J connectivity index is 2.02. The van der Waals surface area contributed by atoms with Crippen molar-refractivity contribution in [2.24, 2.45) is 0 Å². The maximum atomic E-state index is 13.3. The van der Waals surface area contributed by atoms with E-state index in [2.05, 4.69) is 4.98 Å². The van der Waals surface area contributed by atoms with Gasteiger partial charge in [0.2, 0.25) is 0 Å². The van der Waals surface area contributed by atoms with Crippen molar-refractivity contribution in [1.29, 1.82) is 0 Å². The van der Waals surface area contributed by atoms with Crippen LogP contribution in [0.1, 0.15) is 5.56 Å². The van der Waals surface area contributed by atoms with Crippen LogP contribution in [0.3, 0.4) is 0 Å². The summed E-state index contributed by atoms with van der Waals surface area (Å²) < 4.78 is 2.53. The van der Waals surface area contributed by atoms with Gasteiger partial charge in [-0.2, -0.15) is 0 Å². The smallest absolute Gasteiger partial charge is 0.337 e. The number of anilines is 1. The van der Waals surface area contributed by atoms with E-state index in [0.717, 1.165) is 4.57 Å². The third kappa shape index (κ3) is 3.17. The fourth-order valence-corrected chi connectivity index (χ4v) is 3.33. The topological polar surface area (TPSA) is 82.9 Å². The highest BCUT2D eigenvalue weighted by atomic mass is 35.5. The van der Waals surface area contributed by atoms with Gasteiger partial charge in [0.1, 0.15) is 5.82 Å². The molecule has 0 spiro atoms. The average molecular weight is 413 g/mol. The summed E-state index contributed by atoms with van der Waals surface area (Å²) >= 11 is 12.0. The van der Waals surface area contributed by atoms with Crippen LogP contribution >= 0.6 is 23.2 Å². The van der Waals surface area contributed by atoms with Crippen LogP contribution in [0.2, 0.25) is 10.0 Å². The lowest BCUT2D eigenvalue weighted by atomic mass is 10.2. The quantitative estimate of drug-likeness (QED) is 0.558. The number of nitrogens with zero attached hydrogens (tertiary/aromatic N) is 3. The lowest BCUT2D eigenvalue weighted by Crippen LogP contribution is -2.40. The fraction of sp³-hybridized carbons (Fsp3) is 0.0500. The van der Waals surface area contributed by atoms with E-state index in [-0.39, 0.29) is 23.4 Å². The van der Waals surface area contributed by atoms with Gasteiger partial charge in [-0.15, -0.1) is 0 Å². The molecule has 0 aliphatic heterocycles. The minimum absolute atomic E-state index is 0.0434. The Labute approximate surface area is 169 Å². The first-order valence-electron chi connectivity index (χ1n) is 8.37. The van der Waals surface area contributed by atoms with E-state index in [1.807, 2.05) is 6.07 Å². The number of benzene rings is 2. The van der Waals surface area contributed by atoms with Crippen LogP contribution < -0.4 is 17.0 Å². The molecule has 0 amide bonds. The van der Waals surface area contributed by atoms with Gasteiger partial charge in [0.25, 0.3) is 5.56 Å². The highest BCUT2D eigenvalue weighted by Gasteiger charge is 2.16. The monoisotopic (exact) mass is 412 g/mol. The number of pyridine rings is 1. The summed E-state index contributed by atoms with van der Waals surface area (Å²) in [4.78, 5) is 30.5. The molecule has 6 nitrogen and oxygen atoms in total. The van der Waals surface area contributed by atoms with Crippen LogP contribution in [-0.2, 0) is 6.54 Å². The first-order chi connectivity index (χ1) is 13.5. The number of rotatable bonds is 3. The van der Waals surface area contributed by atoms with Crippen LogP contribution in [0.25, 0.3) is 16.7 Å². The maximum absolute atomic E-state index is 13.3. The van der Waals surface area contributed by atoms with Gasteiger partial charge in [0.15, 0.2) is 5.65 Å². The summed E-state index contributed by atoms with van der Waals surface area (Å²) in [5.74, 6) is 0.221. The van der Waals surface area contributed by atoms with Crippen molar-refractivity contribution in [1.82, 2.24) is 14.1 Å². The second kappa shape index (κ2) is 7.14. The molecule has 4 rings (SSSR count). The van der Waals surface area contributed by atoms with E-state index >= 15 is 0 Å². The van der Waals surface area contributed by atoms with E-state index in [0.29, 0.717) is 21.3 Å². The molecular formula is C20H14Cl2N4O2. The molecule has 0 bridgehead atoms. The molecule has 0 atom stereocenters. The van der Waals surface area contributed by atoms with Crippen molar-refractivity contribution < 1.29 is 0 Å². The third-order valence-corrected chi connectivity index (χ3v) is 5.08. The van der Waals surface area contributed by atoms with Crippen molar-refractivity contribution >= 4 is 40.1 Å². The van der Waals surface area contributed by atoms with Gasteiger partial charge in [-0.3, -0.25) is 9.36 Å². The predicted octanol–water partition coefficient (Wildman–Crippen LogP) is 3.48. The first kappa shape index (κ1) is 18.3. The maximum Gasteiger partial charge on any atom is 0.337 e. The van der Waals surface area contributed by atoms with E-state index in [4.69, 9.17) is 28.9 Å². The molecule has 28 heavy (non-hydrogen) atoms. The molecule has 0 saturated carbocycles. The van der Waals surface area contributed by atoms with Crippen LogP contribution in [0, 0.1) is 0 Å². The number of nitrogens with two attached hydrogens (primary N) is 1. The zero-order valence-electron chi connectivity index (χ0n) is 14.5. The Bertz CT molecular complexity index is 1310. The molecule has 0 radical (unpaired) electrons. The van der Waals surface area contributed by atoms with Gasteiger partial charge in [-0.1, -0.05) is 47.5 Å². The second-order valence-corrected chi connectivity index (χ2v) is 7.01. The van der Waals surface area contributed by atoms with Gasteiger partial charge in [0, 0.05) is 0 Å². The largest absolute Gasteiger partial charge is 0.384 e. The van der Waals surface area contributed by atoms with Gasteiger partial charge in [-0.25, -0.2) is 14.3 Å². The summed E-state index contributed by atoms with van der Waals surface area (Å²) in [6, 6.07) is 17.1. The zero-order chi connectivity index (χ0) is 19.8. The van der Waals surface area contributed by atoms with Gasteiger partial charge >= 0.3 is 5.69 Å². The molecular weight excluding hydrogens is 399 g/mol. The van der Waals surface area contributed by atoms with Crippen molar-refractivity contribution in [3.8, 4) is 5.69 Å². The molecule has 2 heterocycles.